The van der Waals surface area contributed by atoms with Crippen LogP contribution in [0.15, 0.2) is 24.3 Å². The second-order valence-corrected chi connectivity index (χ2v) is 4.28. The predicted octanol–water partition coefficient (Wildman–Crippen LogP) is 2.49. The molecule has 2 heteroatoms. The van der Waals surface area contributed by atoms with Crippen LogP contribution in [0.25, 0.3) is 0 Å². The van der Waals surface area contributed by atoms with Gasteiger partial charge in [-0.15, -0.1) is 0 Å². The number of benzene rings is 1. The van der Waals surface area contributed by atoms with Gasteiger partial charge in [-0.1, -0.05) is 32.0 Å². The molecule has 2 atom stereocenters. The number of hydrogen-bond acceptors (Lipinski definition) is 2. The fourth-order valence-corrected chi connectivity index (χ4v) is 1.89. The zero-order chi connectivity index (χ0) is 10.1. The van der Waals surface area contributed by atoms with E-state index < -0.39 is 0 Å². The summed E-state index contributed by atoms with van der Waals surface area (Å²) >= 11 is 0. The molecule has 1 aliphatic rings. The fraction of sp³-hybridized carbons (Fsp3) is 0.500. The molecule has 2 rings (SSSR count). The Morgan fingerprint density at radius 3 is 2.79 bits per heavy atom. The maximum absolute atomic E-state index is 6.09. The van der Waals surface area contributed by atoms with E-state index in [0.717, 1.165) is 17.7 Å². The van der Waals surface area contributed by atoms with Gasteiger partial charge in [0.25, 0.3) is 0 Å². The van der Waals surface area contributed by atoms with Gasteiger partial charge in [-0.05, 0) is 12.0 Å². The molecule has 0 saturated carbocycles. The average Bonchev–Trinajstić information content (AvgIpc) is 2.17. The highest BCUT2D eigenvalue weighted by atomic mass is 16.5. The van der Waals surface area contributed by atoms with Crippen LogP contribution >= 0.6 is 0 Å². The summed E-state index contributed by atoms with van der Waals surface area (Å²) in [6.45, 7) is 4.34. The number of para-hydroxylation sites is 1. The van der Waals surface area contributed by atoms with Gasteiger partial charge in [-0.2, -0.15) is 0 Å². The van der Waals surface area contributed by atoms with Crippen molar-refractivity contribution in [2.45, 2.75) is 32.4 Å². The summed E-state index contributed by atoms with van der Waals surface area (Å²) in [7, 11) is 0. The van der Waals surface area contributed by atoms with E-state index in [9.17, 15) is 0 Å². The van der Waals surface area contributed by atoms with Gasteiger partial charge >= 0.3 is 0 Å². The van der Waals surface area contributed by atoms with Gasteiger partial charge in [0.1, 0.15) is 11.9 Å². The van der Waals surface area contributed by atoms with Crippen LogP contribution in [0.4, 0.5) is 0 Å². The molecule has 2 nitrogen and oxygen atoms in total. The summed E-state index contributed by atoms with van der Waals surface area (Å²) in [6.07, 6.45) is 1.19. The van der Waals surface area contributed by atoms with Crippen LogP contribution in [0.3, 0.4) is 0 Å². The van der Waals surface area contributed by atoms with Crippen molar-refractivity contribution < 1.29 is 4.74 Å². The van der Waals surface area contributed by atoms with Crippen LogP contribution < -0.4 is 10.5 Å². The van der Waals surface area contributed by atoms with Crippen molar-refractivity contribution >= 4 is 0 Å². The molecular formula is C12H17NO. The molecule has 0 radical (unpaired) electrons. The van der Waals surface area contributed by atoms with Gasteiger partial charge in [0, 0.05) is 18.0 Å². The summed E-state index contributed by atoms with van der Waals surface area (Å²) in [5.41, 5.74) is 7.24. The third-order valence-corrected chi connectivity index (χ3v) is 2.83. The van der Waals surface area contributed by atoms with Crippen molar-refractivity contribution in [3.05, 3.63) is 29.8 Å². The molecule has 1 aromatic rings. The van der Waals surface area contributed by atoms with Gasteiger partial charge in [0.2, 0.25) is 0 Å². The first-order valence-corrected chi connectivity index (χ1v) is 5.19. The molecule has 2 unspecified atom stereocenters. The Balaban J connectivity index is 2.29. The standard InChI is InChI=1S/C12H17NO/c1-8(2)12-7-10(13)9-5-3-4-6-11(9)14-12/h3-6,8,10,12H,7,13H2,1-2H3. The highest BCUT2D eigenvalue weighted by Gasteiger charge is 2.27. The maximum Gasteiger partial charge on any atom is 0.124 e. The normalized spacial score (nSPS) is 25.7. The Labute approximate surface area is 85.1 Å². The van der Waals surface area contributed by atoms with Crippen LogP contribution in [0.5, 0.6) is 5.75 Å². The third-order valence-electron chi connectivity index (χ3n) is 2.83. The fourth-order valence-electron chi connectivity index (χ4n) is 1.89. The minimum absolute atomic E-state index is 0.132. The molecule has 1 aliphatic heterocycles. The molecule has 1 aromatic carbocycles. The lowest BCUT2D eigenvalue weighted by Gasteiger charge is -2.32. The smallest absolute Gasteiger partial charge is 0.124 e. The summed E-state index contributed by atoms with van der Waals surface area (Å²) in [5.74, 6) is 1.49. The molecule has 0 bridgehead atoms. The quantitative estimate of drug-likeness (QED) is 0.740. The third kappa shape index (κ3) is 1.62. The summed E-state index contributed by atoms with van der Waals surface area (Å²) < 4.78 is 5.88. The van der Waals surface area contributed by atoms with Crippen LogP contribution in [-0.2, 0) is 0 Å². The van der Waals surface area contributed by atoms with Gasteiger partial charge in [-0.3, -0.25) is 0 Å². The zero-order valence-corrected chi connectivity index (χ0v) is 8.73. The molecule has 0 fully saturated rings. The first-order valence-electron chi connectivity index (χ1n) is 5.19. The van der Waals surface area contributed by atoms with E-state index in [1.165, 1.54) is 0 Å². The number of fused-ring (bicyclic) bond motifs is 1. The van der Waals surface area contributed by atoms with Gasteiger partial charge in [0.15, 0.2) is 0 Å². The van der Waals surface area contributed by atoms with E-state index in [1.807, 2.05) is 18.2 Å². The second-order valence-electron chi connectivity index (χ2n) is 4.28. The summed E-state index contributed by atoms with van der Waals surface area (Å²) in [5, 5.41) is 0. The molecule has 0 aliphatic carbocycles. The Bertz CT molecular complexity index is 322. The summed E-state index contributed by atoms with van der Waals surface area (Å²) in [6, 6.07) is 8.19. The van der Waals surface area contributed by atoms with E-state index in [2.05, 4.69) is 19.9 Å². The first-order chi connectivity index (χ1) is 6.68. The van der Waals surface area contributed by atoms with Crippen LogP contribution in [0.1, 0.15) is 31.9 Å². The molecule has 0 saturated heterocycles. The summed E-state index contributed by atoms with van der Waals surface area (Å²) in [4.78, 5) is 0. The Morgan fingerprint density at radius 2 is 2.07 bits per heavy atom. The molecule has 76 valence electrons. The molecule has 0 aromatic heterocycles. The predicted molar refractivity (Wildman–Crippen MR) is 57.2 cm³/mol. The van der Waals surface area contributed by atoms with E-state index in [1.54, 1.807) is 0 Å². The van der Waals surface area contributed by atoms with E-state index in [-0.39, 0.29) is 12.1 Å². The number of ether oxygens (including phenoxy) is 1. The zero-order valence-electron chi connectivity index (χ0n) is 8.73. The number of rotatable bonds is 1. The van der Waals surface area contributed by atoms with E-state index in [0.29, 0.717) is 5.92 Å². The van der Waals surface area contributed by atoms with Crippen molar-refractivity contribution in [3.63, 3.8) is 0 Å². The minimum atomic E-state index is 0.132. The lowest BCUT2D eigenvalue weighted by Crippen LogP contribution is -2.33. The van der Waals surface area contributed by atoms with Crippen LogP contribution in [-0.4, -0.2) is 6.10 Å². The van der Waals surface area contributed by atoms with Gasteiger partial charge in [-0.25, -0.2) is 0 Å². The number of hydrogen-bond donors (Lipinski definition) is 1. The van der Waals surface area contributed by atoms with Crippen LogP contribution in [0, 0.1) is 5.92 Å². The topological polar surface area (TPSA) is 35.2 Å². The molecule has 1 heterocycles. The lowest BCUT2D eigenvalue weighted by molar-refractivity contribution is 0.115. The Morgan fingerprint density at radius 1 is 1.36 bits per heavy atom. The largest absolute Gasteiger partial charge is 0.490 e. The lowest BCUT2D eigenvalue weighted by atomic mass is 9.92. The molecule has 14 heavy (non-hydrogen) atoms. The second kappa shape index (κ2) is 3.62. The first kappa shape index (κ1) is 9.53. The highest BCUT2D eigenvalue weighted by molar-refractivity contribution is 5.37. The van der Waals surface area contributed by atoms with Crippen molar-refractivity contribution in [3.8, 4) is 5.75 Å². The monoisotopic (exact) mass is 191 g/mol. The minimum Gasteiger partial charge on any atom is -0.490 e. The SMILES string of the molecule is CC(C)C1CC(N)c2ccccc2O1. The molecule has 2 N–H and O–H groups in total. The number of nitrogens with two attached hydrogens (primary N) is 1. The van der Waals surface area contributed by atoms with Crippen LogP contribution in [0.2, 0.25) is 0 Å². The van der Waals surface area contributed by atoms with E-state index in [4.69, 9.17) is 10.5 Å². The van der Waals surface area contributed by atoms with Crippen molar-refractivity contribution in [2.24, 2.45) is 11.7 Å². The maximum atomic E-state index is 6.09. The van der Waals surface area contributed by atoms with Crippen molar-refractivity contribution in [1.82, 2.24) is 0 Å². The molecule has 0 amide bonds. The van der Waals surface area contributed by atoms with Crippen molar-refractivity contribution in [1.29, 1.82) is 0 Å². The van der Waals surface area contributed by atoms with Crippen molar-refractivity contribution in [2.75, 3.05) is 0 Å². The average molecular weight is 191 g/mol. The highest BCUT2D eigenvalue weighted by Crippen LogP contribution is 2.34. The van der Waals surface area contributed by atoms with Gasteiger partial charge < -0.3 is 10.5 Å². The van der Waals surface area contributed by atoms with Gasteiger partial charge in [0.05, 0.1) is 0 Å². The van der Waals surface area contributed by atoms with E-state index >= 15 is 0 Å². The molecular weight excluding hydrogens is 174 g/mol. The Kier molecular flexibility index (Phi) is 2.46. The Hall–Kier alpha value is -1.02. The molecule has 0 spiro atoms.